The van der Waals surface area contributed by atoms with Crippen LogP contribution in [0.2, 0.25) is 0 Å². The molecule has 19 heavy (non-hydrogen) atoms. The number of aromatic amines is 1. The van der Waals surface area contributed by atoms with Gasteiger partial charge < -0.3 is 15.6 Å². The molecule has 3 N–H and O–H groups in total. The topological polar surface area (TPSA) is 56.9 Å². The predicted octanol–water partition coefficient (Wildman–Crippen LogP) is 1.58. The van der Waals surface area contributed by atoms with Gasteiger partial charge in [0.25, 0.3) is 0 Å². The van der Waals surface area contributed by atoms with Crippen LogP contribution in [0.5, 0.6) is 0 Å². The maximum absolute atomic E-state index is 11.9. The SMILES string of the molecule is O=C(CCc1c[nH]c2ccccc12)N[C@H]1CCNC1. The highest BCUT2D eigenvalue weighted by atomic mass is 16.1. The first kappa shape index (κ1) is 12.2. The van der Waals surface area contributed by atoms with E-state index in [1.54, 1.807) is 0 Å². The molecule has 2 heterocycles. The van der Waals surface area contributed by atoms with Crippen LogP contribution in [-0.4, -0.2) is 30.0 Å². The molecule has 1 aliphatic rings. The van der Waals surface area contributed by atoms with Gasteiger partial charge in [-0.3, -0.25) is 4.79 Å². The minimum Gasteiger partial charge on any atom is -0.361 e. The molecule has 0 saturated carbocycles. The van der Waals surface area contributed by atoms with Gasteiger partial charge in [-0.2, -0.15) is 0 Å². The zero-order chi connectivity index (χ0) is 13.1. The molecule has 0 spiro atoms. The Hall–Kier alpha value is -1.81. The molecule has 100 valence electrons. The predicted molar refractivity (Wildman–Crippen MR) is 76.0 cm³/mol. The van der Waals surface area contributed by atoms with Gasteiger partial charge in [-0.05, 0) is 31.0 Å². The Morgan fingerprint density at radius 3 is 3.11 bits per heavy atom. The lowest BCUT2D eigenvalue weighted by atomic mass is 10.1. The van der Waals surface area contributed by atoms with Crippen molar-refractivity contribution in [2.45, 2.75) is 25.3 Å². The minimum absolute atomic E-state index is 0.152. The van der Waals surface area contributed by atoms with Crippen LogP contribution in [0.1, 0.15) is 18.4 Å². The molecular formula is C15H19N3O. The van der Waals surface area contributed by atoms with E-state index in [-0.39, 0.29) is 5.91 Å². The Kier molecular flexibility index (Phi) is 3.51. The van der Waals surface area contributed by atoms with Gasteiger partial charge in [-0.1, -0.05) is 18.2 Å². The van der Waals surface area contributed by atoms with E-state index in [4.69, 9.17) is 0 Å². The normalized spacial score (nSPS) is 18.8. The van der Waals surface area contributed by atoms with Crippen LogP contribution < -0.4 is 10.6 Å². The number of amides is 1. The Morgan fingerprint density at radius 1 is 1.37 bits per heavy atom. The van der Waals surface area contributed by atoms with Crippen LogP contribution in [0.25, 0.3) is 10.9 Å². The van der Waals surface area contributed by atoms with Crippen molar-refractivity contribution < 1.29 is 4.79 Å². The van der Waals surface area contributed by atoms with Gasteiger partial charge in [0.05, 0.1) is 0 Å². The standard InChI is InChI=1S/C15H19N3O/c19-15(18-12-7-8-16-10-12)6-5-11-9-17-14-4-2-1-3-13(11)14/h1-4,9,12,16-17H,5-8,10H2,(H,18,19)/t12-/m0/s1. The fourth-order valence-electron chi connectivity index (χ4n) is 2.66. The first-order valence-electron chi connectivity index (χ1n) is 6.88. The molecule has 1 fully saturated rings. The van der Waals surface area contributed by atoms with Crippen molar-refractivity contribution in [1.82, 2.24) is 15.6 Å². The van der Waals surface area contributed by atoms with Crippen molar-refractivity contribution in [3.8, 4) is 0 Å². The molecular weight excluding hydrogens is 238 g/mol. The van der Waals surface area contributed by atoms with Gasteiger partial charge in [0.15, 0.2) is 0 Å². The molecule has 4 nitrogen and oxygen atoms in total. The lowest BCUT2D eigenvalue weighted by Gasteiger charge is -2.10. The van der Waals surface area contributed by atoms with Crippen LogP contribution in [0, 0.1) is 0 Å². The number of carbonyl (C=O) groups excluding carboxylic acids is 1. The van der Waals surface area contributed by atoms with E-state index in [2.05, 4.69) is 27.8 Å². The summed E-state index contributed by atoms with van der Waals surface area (Å²) in [5.41, 5.74) is 2.35. The molecule has 1 aliphatic heterocycles. The third kappa shape index (κ3) is 2.79. The Labute approximate surface area is 112 Å². The number of hydrogen-bond donors (Lipinski definition) is 3. The number of hydrogen-bond acceptors (Lipinski definition) is 2. The summed E-state index contributed by atoms with van der Waals surface area (Å²) in [5, 5.41) is 7.55. The fraction of sp³-hybridized carbons (Fsp3) is 0.400. The maximum Gasteiger partial charge on any atom is 0.220 e. The maximum atomic E-state index is 11.9. The summed E-state index contributed by atoms with van der Waals surface area (Å²) in [6, 6.07) is 8.52. The Bertz CT molecular complexity index is 570. The second kappa shape index (κ2) is 5.45. The Balaban J connectivity index is 1.58. The van der Waals surface area contributed by atoms with E-state index < -0.39 is 0 Å². The third-order valence-corrected chi connectivity index (χ3v) is 3.72. The van der Waals surface area contributed by atoms with Crippen LogP contribution in [0.3, 0.4) is 0 Å². The van der Waals surface area contributed by atoms with E-state index in [9.17, 15) is 4.79 Å². The fourth-order valence-corrected chi connectivity index (χ4v) is 2.66. The average Bonchev–Trinajstić information content (AvgIpc) is 3.05. The molecule has 1 aromatic heterocycles. The summed E-state index contributed by atoms with van der Waals surface area (Å²) in [6.45, 7) is 1.91. The average molecular weight is 257 g/mol. The number of aryl methyl sites for hydroxylation is 1. The molecule has 1 amide bonds. The quantitative estimate of drug-likeness (QED) is 0.779. The summed E-state index contributed by atoms with van der Waals surface area (Å²) >= 11 is 0. The van der Waals surface area contributed by atoms with E-state index in [0.717, 1.165) is 31.4 Å². The number of fused-ring (bicyclic) bond motifs is 1. The number of H-pyrrole nitrogens is 1. The van der Waals surface area contributed by atoms with E-state index in [1.165, 1.54) is 10.9 Å². The molecule has 3 rings (SSSR count). The lowest BCUT2D eigenvalue weighted by molar-refractivity contribution is -0.121. The van der Waals surface area contributed by atoms with Crippen molar-refractivity contribution in [3.63, 3.8) is 0 Å². The first-order valence-corrected chi connectivity index (χ1v) is 6.88. The molecule has 0 bridgehead atoms. The first-order chi connectivity index (χ1) is 9.33. The number of para-hydroxylation sites is 1. The summed E-state index contributed by atoms with van der Waals surface area (Å²) in [5.74, 6) is 0.152. The molecule has 0 unspecified atom stereocenters. The molecule has 4 heteroatoms. The van der Waals surface area contributed by atoms with Gasteiger partial charge in [0.1, 0.15) is 0 Å². The van der Waals surface area contributed by atoms with Crippen molar-refractivity contribution in [3.05, 3.63) is 36.0 Å². The number of aromatic nitrogens is 1. The van der Waals surface area contributed by atoms with Gasteiger partial charge >= 0.3 is 0 Å². The van der Waals surface area contributed by atoms with Crippen LogP contribution >= 0.6 is 0 Å². The van der Waals surface area contributed by atoms with Crippen molar-refractivity contribution >= 4 is 16.8 Å². The largest absolute Gasteiger partial charge is 0.361 e. The highest BCUT2D eigenvalue weighted by molar-refractivity contribution is 5.84. The Morgan fingerprint density at radius 2 is 2.26 bits per heavy atom. The summed E-state index contributed by atoms with van der Waals surface area (Å²) in [7, 11) is 0. The third-order valence-electron chi connectivity index (χ3n) is 3.72. The molecule has 1 saturated heterocycles. The van der Waals surface area contributed by atoms with Crippen LogP contribution in [0.4, 0.5) is 0 Å². The summed E-state index contributed by atoms with van der Waals surface area (Å²) in [6.07, 6.45) is 4.39. The van der Waals surface area contributed by atoms with Gasteiger partial charge in [-0.25, -0.2) is 0 Å². The molecule has 1 atom stereocenters. The van der Waals surface area contributed by atoms with E-state index in [0.29, 0.717) is 12.5 Å². The smallest absolute Gasteiger partial charge is 0.220 e. The second-order valence-electron chi connectivity index (χ2n) is 5.12. The lowest BCUT2D eigenvalue weighted by Crippen LogP contribution is -2.36. The number of rotatable bonds is 4. The van der Waals surface area contributed by atoms with Crippen molar-refractivity contribution in [1.29, 1.82) is 0 Å². The number of carbonyl (C=O) groups is 1. The minimum atomic E-state index is 0.152. The monoisotopic (exact) mass is 257 g/mol. The molecule has 2 aromatic rings. The molecule has 1 aromatic carbocycles. The van der Waals surface area contributed by atoms with Crippen molar-refractivity contribution in [2.24, 2.45) is 0 Å². The summed E-state index contributed by atoms with van der Waals surface area (Å²) < 4.78 is 0. The van der Waals surface area contributed by atoms with E-state index in [1.807, 2.05) is 18.3 Å². The zero-order valence-electron chi connectivity index (χ0n) is 10.9. The number of nitrogens with one attached hydrogen (secondary N) is 3. The van der Waals surface area contributed by atoms with Gasteiger partial charge in [-0.15, -0.1) is 0 Å². The van der Waals surface area contributed by atoms with E-state index >= 15 is 0 Å². The zero-order valence-corrected chi connectivity index (χ0v) is 10.9. The van der Waals surface area contributed by atoms with Gasteiger partial charge in [0.2, 0.25) is 5.91 Å². The van der Waals surface area contributed by atoms with Crippen molar-refractivity contribution in [2.75, 3.05) is 13.1 Å². The molecule has 0 aliphatic carbocycles. The van der Waals surface area contributed by atoms with Gasteiger partial charge in [0, 0.05) is 36.1 Å². The molecule has 0 radical (unpaired) electrons. The van der Waals surface area contributed by atoms with Crippen LogP contribution in [0.15, 0.2) is 30.5 Å². The highest BCUT2D eigenvalue weighted by Crippen LogP contribution is 2.18. The number of benzene rings is 1. The highest BCUT2D eigenvalue weighted by Gasteiger charge is 2.16. The second-order valence-corrected chi connectivity index (χ2v) is 5.12. The van der Waals surface area contributed by atoms with Crippen LogP contribution in [-0.2, 0) is 11.2 Å². The summed E-state index contributed by atoms with van der Waals surface area (Å²) in [4.78, 5) is 15.1.